The third-order valence-electron chi connectivity index (χ3n) is 4.30. The van der Waals surface area contributed by atoms with E-state index in [1.54, 1.807) is 0 Å². The van der Waals surface area contributed by atoms with E-state index >= 15 is 0 Å². The molecule has 1 aliphatic rings. The number of halogens is 1. The van der Waals surface area contributed by atoms with Crippen LogP contribution in [0.3, 0.4) is 0 Å². The van der Waals surface area contributed by atoms with Crippen LogP contribution in [0.4, 0.5) is 0 Å². The van der Waals surface area contributed by atoms with Gasteiger partial charge in [-0.05, 0) is 60.2 Å². The number of likely N-dealkylation sites (tertiary alicyclic amines) is 1. The molecule has 0 aromatic heterocycles. The molecule has 0 bridgehead atoms. The summed E-state index contributed by atoms with van der Waals surface area (Å²) >= 11 is 5.91. The molecule has 0 amide bonds. The molecule has 1 saturated heterocycles. The van der Waals surface area contributed by atoms with Gasteiger partial charge in [-0.3, -0.25) is 4.90 Å². The van der Waals surface area contributed by atoms with Gasteiger partial charge in [-0.25, -0.2) is 0 Å². The van der Waals surface area contributed by atoms with E-state index in [0.29, 0.717) is 0 Å². The molecule has 122 valence electrons. The fourth-order valence-corrected chi connectivity index (χ4v) is 3.65. The van der Waals surface area contributed by atoms with E-state index in [0.717, 1.165) is 34.9 Å². The van der Waals surface area contributed by atoms with Gasteiger partial charge in [0.05, 0.1) is 0 Å². The summed E-state index contributed by atoms with van der Waals surface area (Å²) < 4.78 is 5.93. The first-order valence-electron chi connectivity index (χ1n) is 8.33. The van der Waals surface area contributed by atoms with Crippen LogP contribution in [-0.2, 0) is 6.54 Å². The second kappa shape index (κ2) is 7.37. The zero-order valence-corrected chi connectivity index (χ0v) is 14.6. The molecule has 2 atom stereocenters. The van der Waals surface area contributed by atoms with E-state index in [1.165, 1.54) is 25.1 Å². The summed E-state index contributed by atoms with van der Waals surface area (Å²) in [5, 5.41) is 0.722. The molecule has 0 unspecified atom stereocenters. The van der Waals surface area contributed by atoms with Crippen molar-refractivity contribution >= 4 is 11.6 Å². The Hall–Kier alpha value is -1.51. The Morgan fingerprint density at radius 2 is 1.70 bits per heavy atom. The third kappa shape index (κ3) is 4.73. The minimum atomic E-state index is 0.722. The van der Waals surface area contributed by atoms with E-state index in [-0.39, 0.29) is 0 Å². The van der Waals surface area contributed by atoms with Crippen molar-refractivity contribution in [1.82, 2.24) is 4.90 Å². The van der Waals surface area contributed by atoms with Crippen molar-refractivity contribution in [3.63, 3.8) is 0 Å². The van der Waals surface area contributed by atoms with Crippen LogP contribution in [0.1, 0.15) is 25.8 Å². The van der Waals surface area contributed by atoms with Crippen LogP contribution in [-0.4, -0.2) is 18.0 Å². The normalized spacial score (nSPS) is 22.0. The van der Waals surface area contributed by atoms with Crippen LogP contribution in [0.25, 0.3) is 0 Å². The zero-order chi connectivity index (χ0) is 16.2. The number of hydrogen-bond acceptors (Lipinski definition) is 2. The average Bonchev–Trinajstić information content (AvgIpc) is 2.49. The van der Waals surface area contributed by atoms with Crippen molar-refractivity contribution in [2.45, 2.75) is 26.8 Å². The Labute approximate surface area is 144 Å². The molecule has 1 aliphatic heterocycles. The molecule has 2 aromatic rings. The minimum absolute atomic E-state index is 0.722. The minimum Gasteiger partial charge on any atom is -0.457 e. The molecule has 0 radical (unpaired) electrons. The lowest BCUT2D eigenvalue weighted by Gasteiger charge is -2.35. The van der Waals surface area contributed by atoms with Crippen LogP contribution in [0.2, 0.25) is 5.02 Å². The molecular formula is C20H24ClNO. The van der Waals surface area contributed by atoms with Crippen molar-refractivity contribution in [2.75, 3.05) is 13.1 Å². The molecule has 2 aromatic carbocycles. The number of ether oxygens (including phenoxy) is 1. The monoisotopic (exact) mass is 329 g/mol. The summed E-state index contributed by atoms with van der Waals surface area (Å²) in [5.74, 6) is 3.26. The molecule has 3 heteroatoms. The van der Waals surface area contributed by atoms with E-state index in [2.05, 4.69) is 36.9 Å². The van der Waals surface area contributed by atoms with Gasteiger partial charge in [-0.1, -0.05) is 37.6 Å². The molecule has 1 fully saturated rings. The molecule has 3 rings (SSSR count). The van der Waals surface area contributed by atoms with E-state index in [1.807, 2.05) is 30.3 Å². The van der Waals surface area contributed by atoms with Crippen LogP contribution < -0.4 is 4.74 Å². The average molecular weight is 330 g/mol. The lowest BCUT2D eigenvalue weighted by Crippen LogP contribution is -2.38. The predicted molar refractivity (Wildman–Crippen MR) is 96.2 cm³/mol. The third-order valence-corrected chi connectivity index (χ3v) is 4.55. The standard InChI is InChI=1S/C20H24ClNO/c1-15-10-16(2)13-22(12-15)14-17-4-3-5-20(11-17)23-19-8-6-18(21)7-9-19/h3-9,11,15-16H,10,12-14H2,1-2H3/t15-,16-/m0/s1. The maximum absolute atomic E-state index is 5.93. The first kappa shape index (κ1) is 16.4. The molecule has 0 saturated carbocycles. The van der Waals surface area contributed by atoms with Gasteiger partial charge in [0.15, 0.2) is 0 Å². The SMILES string of the molecule is C[C@H]1C[C@H](C)CN(Cc2cccc(Oc3ccc(Cl)cc3)c2)C1. The Bertz CT molecular complexity index is 630. The summed E-state index contributed by atoms with van der Waals surface area (Å²) in [6.07, 6.45) is 1.34. The van der Waals surface area contributed by atoms with E-state index < -0.39 is 0 Å². The summed E-state index contributed by atoms with van der Waals surface area (Å²) in [5.41, 5.74) is 1.30. The number of piperidine rings is 1. The molecule has 0 N–H and O–H groups in total. The Morgan fingerprint density at radius 3 is 2.39 bits per heavy atom. The summed E-state index contributed by atoms with van der Waals surface area (Å²) in [4.78, 5) is 2.56. The molecule has 23 heavy (non-hydrogen) atoms. The first-order valence-corrected chi connectivity index (χ1v) is 8.71. The largest absolute Gasteiger partial charge is 0.457 e. The van der Waals surface area contributed by atoms with Crippen molar-refractivity contribution in [2.24, 2.45) is 11.8 Å². The predicted octanol–water partition coefficient (Wildman–Crippen LogP) is 5.61. The lowest BCUT2D eigenvalue weighted by molar-refractivity contribution is 0.134. The summed E-state index contributed by atoms with van der Waals surface area (Å²) in [6, 6.07) is 15.9. The zero-order valence-electron chi connectivity index (χ0n) is 13.8. The Kier molecular flexibility index (Phi) is 5.24. The van der Waals surface area contributed by atoms with Gasteiger partial charge in [0.2, 0.25) is 0 Å². The lowest BCUT2D eigenvalue weighted by atomic mass is 9.91. The Morgan fingerprint density at radius 1 is 1.00 bits per heavy atom. The van der Waals surface area contributed by atoms with E-state index in [9.17, 15) is 0 Å². The highest BCUT2D eigenvalue weighted by Gasteiger charge is 2.21. The van der Waals surface area contributed by atoms with Crippen LogP contribution in [0.15, 0.2) is 48.5 Å². The van der Waals surface area contributed by atoms with Crippen LogP contribution >= 0.6 is 11.6 Å². The summed E-state index contributed by atoms with van der Waals surface area (Å²) in [6.45, 7) is 8.07. The number of nitrogens with zero attached hydrogens (tertiary/aromatic N) is 1. The topological polar surface area (TPSA) is 12.5 Å². The molecule has 1 heterocycles. The number of rotatable bonds is 4. The van der Waals surface area contributed by atoms with Crippen molar-refractivity contribution in [1.29, 1.82) is 0 Å². The smallest absolute Gasteiger partial charge is 0.127 e. The second-order valence-corrected chi connectivity index (χ2v) is 7.28. The molecule has 2 nitrogen and oxygen atoms in total. The maximum Gasteiger partial charge on any atom is 0.127 e. The van der Waals surface area contributed by atoms with E-state index in [4.69, 9.17) is 16.3 Å². The number of hydrogen-bond donors (Lipinski definition) is 0. The van der Waals surface area contributed by atoms with Gasteiger partial charge in [0.25, 0.3) is 0 Å². The quantitative estimate of drug-likeness (QED) is 0.722. The van der Waals surface area contributed by atoms with Gasteiger partial charge in [-0.15, -0.1) is 0 Å². The summed E-state index contributed by atoms with van der Waals surface area (Å²) in [7, 11) is 0. The second-order valence-electron chi connectivity index (χ2n) is 6.84. The highest BCUT2D eigenvalue weighted by atomic mass is 35.5. The van der Waals surface area contributed by atoms with Gasteiger partial charge < -0.3 is 4.74 Å². The van der Waals surface area contributed by atoms with Crippen molar-refractivity contribution in [3.8, 4) is 11.5 Å². The van der Waals surface area contributed by atoms with Crippen LogP contribution in [0.5, 0.6) is 11.5 Å². The maximum atomic E-state index is 5.93. The number of benzene rings is 2. The molecular weight excluding hydrogens is 306 g/mol. The fourth-order valence-electron chi connectivity index (χ4n) is 3.53. The molecule has 0 spiro atoms. The van der Waals surface area contributed by atoms with Crippen molar-refractivity contribution in [3.05, 3.63) is 59.1 Å². The first-order chi connectivity index (χ1) is 11.1. The van der Waals surface area contributed by atoms with Gasteiger partial charge in [0.1, 0.15) is 11.5 Å². The van der Waals surface area contributed by atoms with Gasteiger partial charge in [-0.2, -0.15) is 0 Å². The van der Waals surface area contributed by atoms with Gasteiger partial charge in [0, 0.05) is 24.7 Å². The fraction of sp³-hybridized carbons (Fsp3) is 0.400. The molecule has 0 aliphatic carbocycles. The van der Waals surface area contributed by atoms with Crippen LogP contribution in [0, 0.1) is 11.8 Å². The van der Waals surface area contributed by atoms with Gasteiger partial charge >= 0.3 is 0 Å². The Balaban J connectivity index is 1.66. The van der Waals surface area contributed by atoms with Crippen molar-refractivity contribution < 1.29 is 4.74 Å². The highest BCUT2D eigenvalue weighted by Crippen LogP contribution is 2.26. The highest BCUT2D eigenvalue weighted by molar-refractivity contribution is 6.30.